The third-order valence-corrected chi connectivity index (χ3v) is 5.67. The van der Waals surface area contributed by atoms with E-state index < -0.39 is 0 Å². The average molecular weight is 393 g/mol. The Bertz CT molecular complexity index is 1070. The minimum absolute atomic E-state index is 0.0279. The summed E-state index contributed by atoms with van der Waals surface area (Å²) in [4.78, 5) is 21.6. The molecule has 3 aromatic rings. The molecule has 0 aliphatic carbocycles. The SMILES string of the molecule is Cc1ccc([C@H]2C[C@H](c3noc(Cn4cnc5c(c4=O)CCNC5)n3)CO2)cc1. The molecule has 2 aliphatic rings. The van der Waals surface area contributed by atoms with Crippen LogP contribution in [0, 0.1) is 6.92 Å². The molecule has 0 spiro atoms. The molecular formula is C21H23N5O3. The van der Waals surface area contributed by atoms with E-state index in [1.54, 1.807) is 10.9 Å². The van der Waals surface area contributed by atoms with Crippen LogP contribution < -0.4 is 10.9 Å². The van der Waals surface area contributed by atoms with Crippen LogP contribution in [0.5, 0.6) is 0 Å². The number of nitrogens with zero attached hydrogens (tertiary/aromatic N) is 4. The normalized spacial score (nSPS) is 21.3. The molecule has 1 aromatic carbocycles. The average Bonchev–Trinajstić information content (AvgIpc) is 3.41. The van der Waals surface area contributed by atoms with Crippen molar-refractivity contribution in [1.29, 1.82) is 0 Å². The van der Waals surface area contributed by atoms with Gasteiger partial charge >= 0.3 is 0 Å². The van der Waals surface area contributed by atoms with Crippen molar-refractivity contribution in [3.05, 3.63) is 75.0 Å². The molecule has 1 fully saturated rings. The first-order valence-electron chi connectivity index (χ1n) is 9.96. The lowest BCUT2D eigenvalue weighted by molar-refractivity contribution is 0.110. The fraction of sp³-hybridized carbons (Fsp3) is 0.429. The second kappa shape index (κ2) is 7.53. The highest BCUT2D eigenvalue weighted by Crippen LogP contribution is 2.37. The van der Waals surface area contributed by atoms with Crippen molar-refractivity contribution in [1.82, 2.24) is 25.0 Å². The molecule has 2 atom stereocenters. The van der Waals surface area contributed by atoms with Gasteiger partial charge in [-0.3, -0.25) is 9.36 Å². The van der Waals surface area contributed by atoms with Gasteiger partial charge in [0.05, 0.1) is 24.7 Å². The van der Waals surface area contributed by atoms with Crippen molar-refractivity contribution in [2.45, 2.75) is 44.9 Å². The predicted octanol–water partition coefficient (Wildman–Crippen LogP) is 1.87. The molecule has 1 N–H and O–H groups in total. The van der Waals surface area contributed by atoms with Crippen LogP contribution in [0.25, 0.3) is 0 Å². The molecule has 8 nitrogen and oxygen atoms in total. The summed E-state index contributed by atoms with van der Waals surface area (Å²) < 4.78 is 12.9. The molecule has 0 radical (unpaired) electrons. The number of hydrogen-bond acceptors (Lipinski definition) is 7. The second-order valence-corrected chi connectivity index (χ2v) is 7.74. The number of aromatic nitrogens is 4. The van der Waals surface area contributed by atoms with Gasteiger partial charge in [-0.15, -0.1) is 0 Å². The summed E-state index contributed by atoms with van der Waals surface area (Å²) in [6.07, 6.45) is 3.11. The fourth-order valence-electron chi connectivity index (χ4n) is 3.97. The first-order chi connectivity index (χ1) is 14.2. The Morgan fingerprint density at radius 1 is 1.28 bits per heavy atom. The highest BCUT2D eigenvalue weighted by atomic mass is 16.5. The Balaban J connectivity index is 1.29. The van der Waals surface area contributed by atoms with Gasteiger partial charge in [-0.05, 0) is 31.9 Å². The lowest BCUT2D eigenvalue weighted by atomic mass is 9.99. The van der Waals surface area contributed by atoms with Crippen LogP contribution in [0.1, 0.15) is 52.5 Å². The molecule has 5 rings (SSSR count). The minimum Gasteiger partial charge on any atom is -0.373 e. The number of rotatable bonds is 4. The van der Waals surface area contributed by atoms with Crippen LogP contribution in [0.4, 0.5) is 0 Å². The Labute approximate surface area is 167 Å². The van der Waals surface area contributed by atoms with E-state index in [1.807, 2.05) is 0 Å². The highest BCUT2D eigenvalue weighted by Gasteiger charge is 2.31. The molecule has 0 bridgehead atoms. The third kappa shape index (κ3) is 3.61. The monoisotopic (exact) mass is 393 g/mol. The first-order valence-corrected chi connectivity index (χ1v) is 9.96. The summed E-state index contributed by atoms with van der Waals surface area (Å²) >= 11 is 0. The standard InChI is InChI=1S/C21H23N5O3/c1-13-2-4-14(5-3-13)18-8-15(11-28-18)20-24-19(29-25-20)10-26-12-23-17-9-22-7-6-16(17)21(26)27/h2-5,12,15,18,22H,6-11H2,1H3/t15-,18+/m0/s1. The predicted molar refractivity (Wildman–Crippen MR) is 105 cm³/mol. The van der Waals surface area contributed by atoms with Gasteiger partial charge < -0.3 is 14.6 Å². The van der Waals surface area contributed by atoms with E-state index in [0.29, 0.717) is 31.3 Å². The second-order valence-electron chi connectivity index (χ2n) is 7.74. The van der Waals surface area contributed by atoms with E-state index in [9.17, 15) is 4.79 Å². The molecule has 2 aromatic heterocycles. The number of hydrogen-bond donors (Lipinski definition) is 1. The summed E-state index contributed by atoms with van der Waals surface area (Å²) in [5.74, 6) is 1.14. The molecule has 0 amide bonds. The zero-order valence-electron chi connectivity index (χ0n) is 16.3. The molecule has 0 saturated carbocycles. The van der Waals surface area contributed by atoms with Crippen molar-refractivity contribution in [3.63, 3.8) is 0 Å². The van der Waals surface area contributed by atoms with Gasteiger partial charge in [0.25, 0.3) is 5.56 Å². The van der Waals surface area contributed by atoms with Crippen LogP contribution in [0.3, 0.4) is 0 Å². The molecule has 150 valence electrons. The summed E-state index contributed by atoms with van der Waals surface area (Å²) in [5, 5.41) is 7.37. The number of benzene rings is 1. The smallest absolute Gasteiger partial charge is 0.257 e. The Morgan fingerprint density at radius 2 is 2.14 bits per heavy atom. The number of nitrogens with one attached hydrogen (secondary N) is 1. The first kappa shape index (κ1) is 18.2. The molecule has 2 aliphatic heterocycles. The van der Waals surface area contributed by atoms with Gasteiger partial charge in [-0.1, -0.05) is 35.0 Å². The number of ether oxygens (including phenoxy) is 1. The van der Waals surface area contributed by atoms with E-state index in [-0.39, 0.29) is 24.1 Å². The van der Waals surface area contributed by atoms with E-state index in [4.69, 9.17) is 9.26 Å². The van der Waals surface area contributed by atoms with Gasteiger partial charge in [-0.2, -0.15) is 4.98 Å². The lowest BCUT2D eigenvalue weighted by Crippen LogP contribution is -2.34. The quantitative estimate of drug-likeness (QED) is 0.723. The van der Waals surface area contributed by atoms with E-state index in [1.165, 1.54) is 11.1 Å². The Morgan fingerprint density at radius 3 is 3.00 bits per heavy atom. The largest absolute Gasteiger partial charge is 0.373 e. The maximum Gasteiger partial charge on any atom is 0.257 e. The van der Waals surface area contributed by atoms with Crippen LogP contribution in [-0.2, 0) is 24.2 Å². The molecule has 0 unspecified atom stereocenters. The maximum atomic E-state index is 12.7. The third-order valence-electron chi connectivity index (χ3n) is 5.67. The number of fused-ring (bicyclic) bond motifs is 1. The van der Waals surface area contributed by atoms with Crippen LogP contribution in [-0.4, -0.2) is 32.8 Å². The summed E-state index contributed by atoms with van der Waals surface area (Å²) in [7, 11) is 0. The highest BCUT2D eigenvalue weighted by molar-refractivity contribution is 5.24. The van der Waals surface area contributed by atoms with E-state index >= 15 is 0 Å². The van der Waals surface area contributed by atoms with E-state index in [2.05, 4.69) is 51.6 Å². The van der Waals surface area contributed by atoms with Crippen LogP contribution >= 0.6 is 0 Å². The van der Waals surface area contributed by atoms with Crippen molar-refractivity contribution in [2.24, 2.45) is 0 Å². The molecule has 8 heteroatoms. The van der Waals surface area contributed by atoms with Crippen LogP contribution in [0.15, 0.2) is 39.9 Å². The summed E-state index contributed by atoms with van der Waals surface area (Å²) in [6.45, 7) is 4.30. The lowest BCUT2D eigenvalue weighted by Gasteiger charge is -2.16. The number of aryl methyl sites for hydroxylation is 1. The topological polar surface area (TPSA) is 95.1 Å². The van der Waals surface area contributed by atoms with Gasteiger partial charge in [0, 0.05) is 18.0 Å². The molecule has 29 heavy (non-hydrogen) atoms. The molecular weight excluding hydrogens is 370 g/mol. The summed E-state index contributed by atoms with van der Waals surface area (Å²) in [5.41, 5.74) is 3.97. The zero-order valence-corrected chi connectivity index (χ0v) is 16.3. The Hall–Kier alpha value is -2.84. The van der Waals surface area contributed by atoms with Gasteiger partial charge in [-0.25, -0.2) is 4.98 Å². The minimum atomic E-state index is -0.0279. The van der Waals surface area contributed by atoms with Crippen molar-refractivity contribution in [3.8, 4) is 0 Å². The van der Waals surface area contributed by atoms with Crippen LogP contribution in [0.2, 0.25) is 0 Å². The maximum absolute atomic E-state index is 12.7. The van der Waals surface area contributed by atoms with Crippen molar-refractivity contribution >= 4 is 0 Å². The van der Waals surface area contributed by atoms with E-state index in [0.717, 1.165) is 24.2 Å². The summed E-state index contributed by atoms with van der Waals surface area (Å²) in [6, 6.07) is 8.40. The Kier molecular flexibility index (Phi) is 4.73. The van der Waals surface area contributed by atoms with Gasteiger partial charge in [0.2, 0.25) is 5.89 Å². The van der Waals surface area contributed by atoms with Gasteiger partial charge in [0.1, 0.15) is 6.54 Å². The molecule has 1 saturated heterocycles. The van der Waals surface area contributed by atoms with Crippen molar-refractivity contribution < 1.29 is 9.26 Å². The molecule has 4 heterocycles. The fourth-order valence-corrected chi connectivity index (χ4v) is 3.97. The van der Waals surface area contributed by atoms with Gasteiger partial charge in [0.15, 0.2) is 5.82 Å². The zero-order chi connectivity index (χ0) is 19.8. The van der Waals surface area contributed by atoms with Crippen molar-refractivity contribution in [2.75, 3.05) is 13.2 Å².